The van der Waals surface area contributed by atoms with Crippen LogP contribution >= 0.6 is 0 Å². The largest absolute Gasteiger partial charge is 0.477 e. The van der Waals surface area contributed by atoms with E-state index < -0.39 is 0 Å². The Hall–Kier alpha value is -1.38. The molecule has 0 bridgehead atoms. The number of hydrogen-bond donors (Lipinski definition) is 0. The first-order chi connectivity index (χ1) is 6.74. The molecule has 3 nitrogen and oxygen atoms in total. The first-order valence-electron chi connectivity index (χ1n) is 4.81. The topological polar surface area (TPSA) is 39.2 Å². The quantitative estimate of drug-likeness (QED) is 0.730. The van der Waals surface area contributed by atoms with Crippen molar-refractivity contribution >= 4 is 5.78 Å². The number of Topliss-reactive ketones (excluding diaryl/α,β-unsaturated/α-hetero) is 1. The molecule has 1 saturated carbocycles. The van der Waals surface area contributed by atoms with Crippen LogP contribution in [0.5, 0.6) is 5.88 Å². The Labute approximate surface area is 83.1 Å². The number of ketones is 1. The zero-order chi connectivity index (χ0) is 9.97. The first kappa shape index (κ1) is 9.19. The number of ether oxygens (including phenoxy) is 1. The lowest BCUT2D eigenvalue weighted by Gasteiger charge is -2.23. The van der Waals surface area contributed by atoms with Gasteiger partial charge in [0.1, 0.15) is 5.78 Å². The fourth-order valence-electron chi connectivity index (χ4n) is 1.44. The van der Waals surface area contributed by atoms with Crippen molar-refractivity contribution in [2.75, 3.05) is 6.61 Å². The number of carbonyl (C=O) groups is 1. The van der Waals surface area contributed by atoms with Gasteiger partial charge in [-0.3, -0.25) is 4.79 Å². The molecule has 1 aliphatic carbocycles. The minimum Gasteiger partial charge on any atom is -0.477 e. The fourth-order valence-corrected chi connectivity index (χ4v) is 1.44. The molecule has 3 heteroatoms. The maximum absolute atomic E-state index is 10.7. The molecule has 0 amide bonds. The summed E-state index contributed by atoms with van der Waals surface area (Å²) < 4.78 is 5.45. The van der Waals surface area contributed by atoms with Crippen LogP contribution in [0.15, 0.2) is 18.3 Å². The van der Waals surface area contributed by atoms with Crippen LogP contribution in [0.25, 0.3) is 0 Å². The van der Waals surface area contributed by atoms with E-state index in [0.29, 0.717) is 37.0 Å². The molecule has 1 aliphatic rings. The van der Waals surface area contributed by atoms with Crippen LogP contribution in [0, 0.1) is 12.8 Å². The maximum atomic E-state index is 10.7. The Kier molecular flexibility index (Phi) is 2.48. The molecule has 74 valence electrons. The van der Waals surface area contributed by atoms with Crippen LogP contribution in [0.4, 0.5) is 0 Å². The smallest absolute Gasteiger partial charge is 0.213 e. The Balaban J connectivity index is 1.80. The molecule has 0 aliphatic heterocycles. The molecule has 14 heavy (non-hydrogen) atoms. The van der Waals surface area contributed by atoms with E-state index in [-0.39, 0.29) is 0 Å². The van der Waals surface area contributed by atoms with Crippen LogP contribution in [0.2, 0.25) is 0 Å². The van der Waals surface area contributed by atoms with Crippen LogP contribution in [-0.4, -0.2) is 17.4 Å². The highest BCUT2D eigenvalue weighted by Gasteiger charge is 2.26. The molecule has 0 N–H and O–H groups in total. The molecule has 0 radical (unpaired) electrons. The van der Waals surface area contributed by atoms with Gasteiger partial charge in [-0.15, -0.1) is 0 Å². The summed E-state index contributed by atoms with van der Waals surface area (Å²) in [6, 6.07) is 3.82. The van der Waals surface area contributed by atoms with Crippen LogP contribution in [0.1, 0.15) is 18.4 Å². The lowest BCUT2D eigenvalue weighted by Crippen LogP contribution is -2.28. The van der Waals surface area contributed by atoms with E-state index in [1.807, 2.05) is 19.1 Å². The molecule has 1 aromatic heterocycles. The zero-order valence-electron chi connectivity index (χ0n) is 8.19. The number of hydrogen-bond acceptors (Lipinski definition) is 3. The normalized spacial score (nSPS) is 16.5. The van der Waals surface area contributed by atoms with Crippen molar-refractivity contribution in [3.63, 3.8) is 0 Å². The third-order valence-electron chi connectivity index (χ3n) is 2.38. The van der Waals surface area contributed by atoms with Gasteiger partial charge in [0.25, 0.3) is 0 Å². The van der Waals surface area contributed by atoms with E-state index in [1.165, 1.54) is 0 Å². The minimum atomic E-state index is 0.343. The van der Waals surface area contributed by atoms with Crippen LogP contribution in [-0.2, 0) is 4.79 Å². The molecule has 0 atom stereocenters. The number of pyridine rings is 1. The second-order valence-electron chi connectivity index (χ2n) is 3.80. The van der Waals surface area contributed by atoms with E-state index in [2.05, 4.69) is 4.98 Å². The first-order valence-corrected chi connectivity index (χ1v) is 4.81. The summed E-state index contributed by atoms with van der Waals surface area (Å²) in [5.41, 5.74) is 1.12. The molecule has 2 rings (SSSR count). The van der Waals surface area contributed by atoms with Gasteiger partial charge in [0.2, 0.25) is 5.88 Å². The SMILES string of the molecule is Cc1ccc(OCC2CC(=O)C2)nc1. The van der Waals surface area contributed by atoms with E-state index in [1.54, 1.807) is 6.20 Å². The van der Waals surface area contributed by atoms with Gasteiger partial charge in [-0.1, -0.05) is 6.07 Å². The number of nitrogens with zero attached hydrogens (tertiary/aromatic N) is 1. The molecule has 0 aromatic carbocycles. The Bertz CT molecular complexity index is 324. The van der Waals surface area contributed by atoms with Gasteiger partial charge >= 0.3 is 0 Å². The Morgan fingerprint density at radius 3 is 2.86 bits per heavy atom. The van der Waals surface area contributed by atoms with E-state index in [4.69, 9.17) is 4.74 Å². The average Bonchev–Trinajstić information content (AvgIpc) is 2.13. The lowest BCUT2D eigenvalue weighted by molar-refractivity contribution is -0.127. The highest BCUT2D eigenvalue weighted by Crippen LogP contribution is 2.23. The molecule has 1 aromatic rings. The molecule has 1 heterocycles. The average molecular weight is 191 g/mol. The Morgan fingerprint density at radius 1 is 1.50 bits per heavy atom. The maximum Gasteiger partial charge on any atom is 0.213 e. The summed E-state index contributed by atoms with van der Waals surface area (Å²) in [5, 5.41) is 0. The van der Waals surface area contributed by atoms with Gasteiger partial charge in [0, 0.05) is 31.0 Å². The van der Waals surface area contributed by atoms with Gasteiger partial charge < -0.3 is 4.74 Å². The minimum absolute atomic E-state index is 0.343. The van der Waals surface area contributed by atoms with Crippen molar-refractivity contribution in [3.05, 3.63) is 23.9 Å². The summed E-state index contributed by atoms with van der Waals surface area (Å²) in [7, 11) is 0. The van der Waals surface area contributed by atoms with Gasteiger partial charge in [0.05, 0.1) is 6.61 Å². The molecule has 0 saturated heterocycles. The van der Waals surface area contributed by atoms with Crippen molar-refractivity contribution in [3.8, 4) is 5.88 Å². The summed E-state index contributed by atoms with van der Waals surface area (Å²) in [5.74, 6) is 1.40. The number of rotatable bonds is 3. The predicted molar refractivity (Wildman–Crippen MR) is 52.2 cm³/mol. The Morgan fingerprint density at radius 2 is 2.29 bits per heavy atom. The number of carbonyl (C=O) groups excluding carboxylic acids is 1. The van der Waals surface area contributed by atoms with Gasteiger partial charge in [-0.2, -0.15) is 0 Å². The third-order valence-corrected chi connectivity index (χ3v) is 2.38. The van der Waals surface area contributed by atoms with E-state index in [9.17, 15) is 4.79 Å². The van der Waals surface area contributed by atoms with E-state index in [0.717, 1.165) is 5.56 Å². The van der Waals surface area contributed by atoms with Crippen molar-refractivity contribution in [1.82, 2.24) is 4.98 Å². The van der Waals surface area contributed by atoms with Crippen molar-refractivity contribution < 1.29 is 9.53 Å². The highest BCUT2D eigenvalue weighted by atomic mass is 16.5. The summed E-state index contributed by atoms with van der Waals surface area (Å²) in [4.78, 5) is 14.8. The zero-order valence-corrected chi connectivity index (χ0v) is 8.19. The highest BCUT2D eigenvalue weighted by molar-refractivity contribution is 5.84. The lowest BCUT2D eigenvalue weighted by atomic mass is 9.85. The van der Waals surface area contributed by atoms with E-state index >= 15 is 0 Å². The van der Waals surface area contributed by atoms with Crippen molar-refractivity contribution in [1.29, 1.82) is 0 Å². The fraction of sp³-hybridized carbons (Fsp3) is 0.455. The van der Waals surface area contributed by atoms with Crippen molar-refractivity contribution in [2.45, 2.75) is 19.8 Å². The van der Waals surface area contributed by atoms with Crippen LogP contribution < -0.4 is 4.74 Å². The summed E-state index contributed by atoms with van der Waals surface area (Å²) in [6.45, 7) is 2.60. The number of aryl methyl sites for hydroxylation is 1. The predicted octanol–water partition coefficient (Wildman–Crippen LogP) is 1.75. The second-order valence-corrected chi connectivity index (χ2v) is 3.80. The van der Waals surface area contributed by atoms with Gasteiger partial charge in [-0.05, 0) is 12.5 Å². The monoisotopic (exact) mass is 191 g/mol. The number of aromatic nitrogens is 1. The third kappa shape index (κ3) is 2.10. The molecule has 0 spiro atoms. The molecular formula is C11H13NO2. The molecule has 0 unspecified atom stereocenters. The summed E-state index contributed by atoms with van der Waals surface area (Å²) >= 11 is 0. The second kappa shape index (κ2) is 3.78. The standard InChI is InChI=1S/C11H13NO2/c1-8-2-3-11(12-6-8)14-7-9-4-10(13)5-9/h2-3,6,9H,4-5,7H2,1H3. The van der Waals surface area contributed by atoms with Crippen molar-refractivity contribution in [2.24, 2.45) is 5.92 Å². The molecule has 1 fully saturated rings. The molecular weight excluding hydrogens is 178 g/mol. The van der Waals surface area contributed by atoms with Crippen LogP contribution in [0.3, 0.4) is 0 Å². The summed E-state index contributed by atoms with van der Waals surface area (Å²) in [6.07, 6.45) is 3.12. The van der Waals surface area contributed by atoms with Gasteiger partial charge in [-0.25, -0.2) is 4.98 Å². The van der Waals surface area contributed by atoms with Gasteiger partial charge in [0.15, 0.2) is 0 Å².